The van der Waals surface area contributed by atoms with Crippen molar-refractivity contribution in [1.82, 2.24) is 4.90 Å². The highest BCUT2D eigenvalue weighted by molar-refractivity contribution is 7.17. The minimum Gasteiger partial charge on any atom is -0.477 e. The maximum absolute atomic E-state index is 12.3. The number of benzene rings is 2. The predicted octanol–water partition coefficient (Wildman–Crippen LogP) is 7.64. The van der Waals surface area contributed by atoms with Gasteiger partial charge in [-0.15, -0.1) is 11.3 Å². The van der Waals surface area contributed by atoms with Crippen LogP contribution in [0.4, 0.5) is 0 Å². The number of rotatable bonds is 7. The van der Waals surface area contributed by atoms with E-state index in [9.17, 15) is 9.90 Å². The van der Waals surface area contributed by atoms with Crippen molar-refractivity contribution < 1.29 is 9.90 Å². The largest absolute Gasteiger partial charge is 0.477 e. The van der Waals surface area contributed by atoms with Crippen LogP contribution in [-0.2, 0) is 6.42 Å². The second-order valence-electron chi connectivity index (χ2n) is 10.2. The van der Waals surface area contributed by atoms with E-state index in [2.05, 4.69) is 60.4 Å². The number of thiophene rings is 1. The first-order valence-electron chi connectivity index (χ1n) is 13.0. The summed E-state index contributed by atoms with van der Waals surface area (Å²) in [5.74, 6) is 0.568. The second kappa shape index (κ2) is 10.9. The van der Waals surface area contributed by atoms with Crippen molar-refractivity contribution in [2.75, 3.05) is 19.6 Å². The smallest absolute Gasteiger partial charge is 0.346 e. The Morgan fingerprint density at radius 3 is 2.37 bits per heavy atom. The zero-order valence-electron chi connectivity index (χ0n) is 20.6. The summed E-state index contributed by atoms with van der Waals surface area (Å²) in [4.78, 5) is 16.5. The lowest BCUT2D eigenvalue weighted by Gasteiger charge is -2.37. The molecule has 1 aliphatic heterocycles. The van der Waals surface area contributed by atoms with Crippen LogP contribution in [0, 0.1) is 11.8 Å². The Morgan fingerprint density at radius 2 is 1.69 bits per heavy atom. The molecule has 0 atom stereocenters. The summed E-state index contributed by atoms with van der Waals surface area (Å²) in [5, 5.41) is 10.1. The number of aromatic carboxylic acids is 1. The molecular weight excluding hydrogens is 450 g/mol. The molecule has 3 nitrogen and oxygen atoms in total. The standard InChI is InChI=1S/C31H35NO2S/c1-22-12-14-24(15-13-22)28-21-32(18-16-23-8-4-2-5-9-23)19-17-26(28)27-20-29(35-30(27)31(33)34)25-10-6-3-7-11-25/h2-11,20,22,24H,12-19,21H2,1H3,(H,33,34). The van der Waals surface area contributed by atoms with Gasteiger partial charge >= 0.3 is 5.97 Å². The molecule has 0 radical (unpaired) electrons. The van der Waals surface area contributed by atoms with Crippen LogP contribution in [0.1, 0.15) is 59.8 Å². The average Bonchev–Trinajstić information content (AvgIpc) is 3.35. The number of carboxylic acids is 1. The zero-order chi connectivity index (χ0) is 24.2. The molecule has 4 heteroatoms. The SMILES string of the molecule is CC1CCC(C2=C(c3cc(-c4ccccc4)sc3C(=O)O)CCN(CCc3ccccc3)C2)CC1. The summed E-state index contributed by atoms with van der Waals surface area (Å²) >= 11 is 1.42. The first-order chi connectivity index (χ1) is 17.1. The number of carboxylic acid groups (broad SMARTS) is 1. The molecule has 2 aromatic carbocycles. The molecule has 0 saturated heterocycles. The van der Waals surface area contributed by atoms with Gasteiger partial charge in [0.2, 0.25) is 0 Å². The normalized spacial score (nSPS) is 21.3. The van der Waals surface area contributed by atoms with Crippen LogP contribution in [0.15, 0.2) is 72.3 Å². The van der Waals surface area contributed by atoms with Crippen LogP contribution in [0.3, 0.4) is 0 Å². The van der Waals surface area contributed by atoms with E-state index >= 15 is 0 Å². The van der Waals surface area contributed by atoms with Gasteiger partial charge in [-0.1, -0.05) is 80.4 Å². The van der Waals surface area contributed by atoms with Crippen molar-refractivity contribution in [1.29, 1.82) is 0 Å². The summed E-state index contributed by atoms with van der Waals surface area (Å²) in [6.07, 6.45) is 6.99. The van der Waals surface area contributed by atoms with E-state index in [4.69, 9.17) is 0 Å². The van der Waals surface area contributed by atoms with Crippen LogP contribution < -0.4 is 0 Å². The molecule has 1 saturated carbocycles. The lowest BCUT2D eigenvalue weighted by atomic mass is 9.75. The molecule has 1 fully saturated rings. The molecule has 0 amide bonds. The second-order valence-corrected chi connectivity index (χ2v) is 11.3. The van der Waals surface area contributed by atoms with Crippen LogP contribution in [0.5, 0.6) is 0 Å². The predicted molar refractivity (Wildman–Crippen MR) is 146 cm³/mol. The Morgan fingerprint density at radius 1 is 1.00 bits per heavy atom. The van der Waals surface area contributed by atoms with Crippen molar-refractivity contribution in [3.05, 3.63) is 88.3 Å². The summed E-state index contributed by atoms with van der Waals surface area (Å²) in [6, 6.07) is 23.1. The number of nitrogens with zero attached hydrogens (tertiary/aromatic N) is 1. The third-order valence-corrected chi connectivity index (χ3v) is 9.01. The van der Waals surface area contributed by atoms with E-state index in [0.29, 0.717) is 10.8 Å². The van der Waals surface area contributed by atoms with Crippen molar-refractivity contribution in [3.8, 4) is 10.4 Å². The van der Waals surface area contributed by atoms with E-state index in [1.54, 1.807) is 0 Å². The van der Waals surface area contributed by atoms with Gasteiger partial charge in [-0.3, -0.25) is 4.90 Å². The minimum atomic E-state index is -0.803. The molecule has 182 valence electrons. The van der Waals surface area contributed by atoms with Gasteiger partial charge in [0, 0.05) is 30.1 Å². The number of hydrogen-bond acceptors (Lipinski definition) is 3. The van der Waals surface area contributed by atoms with Gasteiger partial charge in [-0.2, -0.15) is 0 Å². The van der Waals surface area contributed by atoms with E-state index in [-0.39, 0.29) is 0 Å². The Balaban J connectivity index is 1.48. The van der Waals surface area contributed by atoms with Gasteiger partial charge in [0.05, 0.1) is 0 Å². The molecule has 2 heterocycles. The monoisotopic (exact) mass is 485 g/mol. The first kappa shape index (κ1) is 24.0. The van der Waals surface area contributed by atoms with Crippen molar-refractivity contribution in [2.24, 2.45) is 11.8 Å². The molecule has 1 N–H and O–H groups in total. The summed E-state index contributed by atoms with van der Waals surface area (Å²) in [5.41, 5.74) is 6.28. The summed E-state index contributed by atoms with van der Waals surface area (Å²) in [6.45, 7) is 5.38. The summed E-state index contributed by atoms with van der Waals surface area (Å²) < 4.78 is 0. The number of hydrogen-bond donors (Lipinski definition) is 1. The summed E-state index contributed by atoms with van der Waals surface area (Å²) in [7, 11) is 0. The molecule has 0 unspecified atom stereocenters. The van der Waals surface area contributed by atoms with Crippen LogP contribution in [0.25, 0.3) is 16.0 Å². The molecular formula is C31H35NO2S. The van der Waals surface area contributed by atoms with E-state index in [1.165, 1.54) is 53.7 Å². The first-order valence-corrected chi connectivity index (χ1v) is 13.8. The van der Waals surface area contributed by atoms with Crippen molar-refractivity contribution >= 4 is 22.9 Å². The third-order valence-electron chi connectivity index (χ3n) is 7.84. The minimum absolute atomic E-state index is 0.498. The molecule has 0 spiro atoms. The molecule has 5 rings (SSSR count). The maximum atomic E-state index is 12.3. The quantitative estimate of drug-likeness (QED) is 0.374. The van der Waals surface area contributed by atoms with Gasteiger partial charge in [0.1, 0.15) is 4.88 Å². The zero-order valence-corrected chi connectivity index (χ0v) is 21.4. The fourth-order valence-corrected chi connectivity index (χ4v) is 6.81. The fourth-order valence-electron chi connectivity index (χ4n) is 5.78. The van der Waals surface area contributed by atoms with Crippen molar-refractivity contribution in [2.45, 2.75) is 45.4 Å². The van der Waals surface area contributed by atoms with E-state index in [1.807, 2.05) is 18.2 Å². The topological polar surface area (TPSA) is 40.5 Å². The number of carbonyl (C=O) groups is 1. The average molecular weight is 486 g/mol. The molecule has 1 aliphatic carbocycles. The van der Waals surface area contributed by atoms with Gasteiger partial charge in [-0.05, 0) is 65.9 Å². The lowest BCUT2D eigenvalue weighted by molar-refractivity contribution is 0.0702. The maximum Gasteiger partial charge on any atom is 0.346 e. The Bertz CT molecular complexity index is 1170. The molecule has 35 heavy (non-hydrogen) atoms. The molecule has 2 aliphatic rings. The molecule has 3 aromatic rings. The molecule has 0 bridgehead atoms. The van der Waals surface area contributed by atoms with Gasteiger partial charge in [-0.25, -0.2) is 4.79 Å². The van der Waals surface area contributed by atoms with Crippen molar-refractivity contribution in [3.63, 3.8) is 0 Å². The Hall–Kier alpha value is -2.69. The highest BCUT2D eigenvalue weighted by Gasteiger charge is 2.31. The Kier molecular flexibility index (Phi) is 7.50. The Labute approximate surface area is 213 Å². The lowest BCUT2D eigenvalue weighted by Crippen LogP contribution is -2.36. The van der Waals surface area contributed by atoms with Gasteiger partial charge < -0.3 is 5.11 Å². The van der Waals surface area contributed by atoms with Crippen LogP contribution in [0.2, 0.25) is 0 Å². The van der Waals surface area contributed by atoms with E-state index in [0.717, 1.165) is 54.4 Å². The molecule has 1 aromatic heterocycles. The van der Waals surface area contributed by atoms with Crippen LogP contribution >= 0.6 is 11.3 Å². The highest BCUT2D eigenvalue weighted by atomic mass is 32.1. The van der Waals surface area contributed by atoms with Gasteiger partial charge in [0.15, 0.2) is 0 Å². The van der Waals surface area contributed by atoms with Gasteiger partial charge in [0.25, 0.3) is 0 Å². The highest BCUT2D eigenvalue weighted by Crippen LogP contribution is 2.43. The van der Waals surface area contributed by atoms with E-state index < -0.39 is 5.97 Å². The fraction of sp³-hybridized carbons (Fsp3) is 0.387. The van der Waals surface area contributed by atoms with Crippen LogP contribution in [-0.4, -0.2) is 35.6 Å². The third kappa shape index (κ3) is 5.60.